The van der Waals surface area contributed by atoms with Crippen molar-refractivity contribution in [2.45, 2.75) is 77.2 Å². The van der Waals surface area contributed by atoms with Gasteiger partial charge in [0.25, 0.3) is 0 Å². The lowest BCUT2D eigenvalue weighted by molar-refractivity contribution is 0.267. The van der Waals surface area contributed by atoms with Crippen LogP contribution in [0.4, 0.5) is 0 Å². The van der Waals surface area contributed by atoms with Crippen molar-refractivity contribution in [2.24, 2.45) is 5.73 Å². The Hall–Kier alpha value is -1.06. The Kier molecular flexibility index (Phi) is 11.6. The Bertz CT molecular complexity index is 378. The summed E-state index contributed by atoms with van der Waals surface area (Å²) in [4.78, 5) is 0. The van der Waals surface area contributed by atoms with E-state index in [1.807, 2.05) is 24.3 Å². The Morgan fingerprint density at radius 3 is 1.91 bits per heavy atom. The second-order valence-electron chi connectivity index (χ2n) is 6.39. The Morgan fingerprint density at radius 2 is 1.39 bits per heavy atom. The fourth-order valence-electron chi connectivity index (χ4n) is 2.70. The molecule has 3 nitrogen and oxygen atoms in total. The second kappa shape index (κ2) is 13.4. The first kappa shape index (κ1) is 20.0. The summed E-state index contributed by atoms with van der Waals surface area (Å²) in [6.07, 6.45) is 13.4. The van der Waals surface area contributed by atoms with Gasteiger partial charge in [-0.2, -0.15) is 0 Å². The van der Waals surface area contributed by atoms with Gasteiger partial charge in [0.2, 0.25) is 0 Å². The van der Waals surface area contributed by atoms with Crippen molar-refractivity contribution in [3.8, 4) is 5.75 Å². The van der Waals surface area contributed by atoms with E-state index >= 15 is 0 Å². The number of unbranched alkanes of at least 4 members (excludes halogenated alkanes) is 9. The molecule has 3 heteroatoms. The van der Waals surface area contributed by atoms with Crippen LogP contribution < -0.4 is 10.5 Å². The van der Waals surface area contributed by atoms with E-state index in [1.165, 1.54) is 57.8 Å². The highest BCUT2D eigenvalue weighted by molar-refractivity contribution is 5.29. The number of aliphatic hydroxyl groups excluding tert-OH is 1. The van der Waals surface area contributed by atoms with Crippen LogP contribution in [-0.4, -0.2) is 18.3 Å². The molecular formula is C20H35NO2. The lowest BCUT2D eigenvalue weighted by Crippen LogP contribution is -2.14. The fourth-order valence-corrected chi connectivity index (χ4v) is 2.70. The van der Waals surface area contributed by atoms with Gasteiger partial charge in [0.15, 0.2) is 0 Å². The molecule has 1 aromatic carbocycles. The van der Waals surface area contributed by atoms with E-state index < -0.39 is 0 Å². The van der Waals surface area contributed by atoms with Crippen LogP contribution >= 0.6 is 0 Å². The summed E-state index contributed by atoms with van der Waals surface area (Å²) < 4.78 is 5.74. The number of ether oxygens (including phenoxy) is 1. The van der Waals surface area contributed by atoms with Crippen LogP contribution in [-0.2, 0) is 0 Å². The van der Waals surface area contributed by atoms with Crippen molar-refractivity contribution in [1.29, 1.82) is 0 Å². The quantitative estimate of drug-likeness (QED) is 0.475. The number of nitrogens with two attached hydrogens (primary N) is 1. The minimum atomic E-state index is -0.300. The molecule has 23 heavy (non-hydrogen) atoms. The van der Waals surface area contributed by atoms with Crippen LogP contribution in [0.15, 0.2) is 24.3 Å². The van der Waals surface area contributed by atoms with E-state index in [0.717, 1.165) is 24.3 Å². The van der Waals surface area contributed by atoms with E-state index in [9.17, 15) is 0 Å². The molecule has 0 spiro atoms. The molecule has 0 aliphatic heterocycles. The van der Waals surface area contributed by atoms with Crippen LogP contribution in [0.1, 0.15) is 82.7 Å². The van der Waals surface area contributed by atoms with Gasteiger partial charge in [-0.3, -0.25) is 0 Å². The molecule has 0 amide bonds. The standard InChI is InChI=1S/C20H35NO2/c1-2-3-4-5-6-7-8-9-10-11-16-23-19-14-12-18(13-15-19)20(21)17-22/h12-15,20,22H,2-11,16-17,21H2,1H3/t20-/m0/s1. The molecule has 0 aliphatic carbocycles. The molecule has 1 atom stereocenters. The summed E-state index contributed by atoms with van der Waals surface area (Å²) in [7, 11) is 0. The maximum absolute atomic E-state index is 9.02. The van der Waals surface area contributed by atoms with E-state index in [2.05, 4.69) is 6.92 Å². The Labute approximate surface area is 142 Å². The Morgan fingerprint density at radius 1 is 0.870 bits per heavy atom. The van der Waals surface area contributed by atoms with Crippen molar-refractivity contribution >= 4 is 0 Å². The molecule has 3 N–H and O–H groups in total. The lowest BCUT2D eigenvalue weighted by Gasteiger charge is -2.10. The molecule has 132 valence electrons. The van der Waals surface area contributed by atoms with Crippen LogP contribution in [0.5, 0.6) is 5.75 Å². The van der Waals surface area contributed by atoms with Crippen molar-refractivity contribution in [3.05, 3.63) is 29.8 Å². The zero-order chi connectivity index (χ0) is 16.8. The Balaban J connectivity index is 1.96. The maximum atomic E-state index is 9.02. The first-order valence-corrected chi connectivity index (χ1v) is 9.37. The third kappa shape index (κ3) is 9.62. The zero-order valence-electron chi connectivity index (χ0n) is 14.8. The van der Waals surface area contributed by atoms with E-state index in [0.29, 0.717) is 0 Å². The van der Waals surface area contributed by atoms with Gasteiger partial charge in [-0.05, 0) is 24.1 Å². The number of aliphatic hydroxyl groups is 1. The van der Waals surface area contributed by atoms with Gasteiger partial charge in [0.05, 0.1) is 19.3 Å². The molecule has 0 saturated carbocycles. The molecule has 0 radical (unpaired) electrons. The monoisotopic (exact) mass is 321 g/mol. The highest BCUT2D eigenvalue weighted by Crippen LogP contribution is 2.17. The van der Waals surface area contributed by atoms with Crippen molar-refractivity contribution < 1.29 is 9.84 Å². The number of benzene rings is 1. The molecular weight excluding hydrogens is 286 g/mol. The summed E-state index contributed by atoms with van der Waals surface area (Å²) >= 11 is 0. The molecule has 1 aromatic rings. The molecule has 0 unspecified atom stereocenters. The smallest absolute Gasteiger partial charge is 0.119 e. The summed E-state index contributed by atoms with van der Waals surface area (Å²) in [6.45, 7) is 3.02. The van der Waals surface area contributed by atoms with Crippen molar-refractivity contribution in [2.75, 3.05) is 13.2 Å². The van der Waals surface area contributed by atoms with Gasteiger partial charge in [0, 0.05) is 0 Å². The molecule has 1 rings (SSSR count). The maximum Gasteiger partial charge on any atom is 0.119 e. The SMILES string of the molecule is CCCCCCCCCCCCOc1ccc([C@@H](N)CO)cc1. The van der Waals surface area contributed by atoms with Gasteiger partial charge in [-0.15, -0.1) is 0 Å². The van der Waals surface area contributed by atoms with Crippen LogP contribution in [0.25, 0.3) is 0 Å². The van der Waals surface area contributed by atoms with Crippen LogP contribution in [0, 0.1) is 0 Å². The van der Waals surface area contributed by atoms with Crippen LogP contribution in [0.3, 0.4) is 0 Å². The van der Waals surface area contributed by atoms with Gasteiger partial charge < -0.3 is 15.6 Å². The summed E-state index contributed by atoms with van der Waals surface area (Å²) in [5.74, 6) is 0.884. The number of hydrogen-bond donors (Lipinski definition) is 2. The average molecular weight is 322 g/mol. The average Bonchev–Trinajstić information content (AvgIpc) is 2.59. The first-order chi connectivity index (χ1) is 11.3. The van der Waals surface area contributed by atoms with Gasteiger partial charge >= 0.3 is 0 Å². The van der Waals surface area contributed by atoms with E-state index in [4.69, 9.17) is 15.6 Å². The molecule has 0 aliphatic rings. The van der Waals surface area contributed by atoms with E-state index in [-0.39, 0.29) is 12.6 Å². The topological polar surface area (TPSA) is 55.5 Å². The summed E-state index contributed by atoms with van der Waals surface area (Å²) in [5, 5.41) is 9.02. The summed E-state index contributed by atoms with van der Waals surface area (Å²) in [6, 6.07) is 7.41. The predicted molar refractivity (Wildman–Crippen MR) is 97.8 cm³/mol. The molecule has 0 aromatic heterocycles. The highest BCUT2D eigenvalue weighted by Gasteiger charge is 2.03. The predicted octanol–water partition coefficient (Wildman–Crippen LogP) is 4.98. The number of rotatable bonds is 14. The lowest BCUT2D eigenvalue weighted by atomic mass is 10.1. The van der Waals surface area contributed by atoms with Crippen LogP contribution in [0.2, 0.25) is 0 Å². The number of hydrogen-bond acceptors (Lipinski definition) is 3. The minimum absolute atomic E-state index is 0.0290. The van der Waals surface area contributed by atoms with Crippen molar-refractivity contribution in [1.82, 2.24) is 0 Å². The normalized spacial score (nSPS) is 12.3. The fraction of sp³-hybridized carbons (Fsp3) is 0.700. The molecule has 0 fully saturated rings. The minimum Gasteiger partial charge on any atom is -0.494 e. The van der Waals surface area contributed by atoms with Gasteiger partial charge in [-0.25, -0.2) is 0 Å². The third-order valence-electron chi connectivity index (χ3n) is 4.27. The molecule has 0 saturated heterocycles. The van der Waals surface area contributed by atoms with E-state index in [1.54, 1.807) is 0 Å². The third-order valence-corrected chi connectivity index (χ3v) is 4.27. The van der Waals surface area contributed by atoms with Gasteiger partial charge in [0.1, 0.15) is 5.75 Å². The largest absolute Gasteiger partial charge is 0.494 e. The summed E-state index contributed by atoms with van der Waals surface area (Å²) in [5.41, 5.74) is 6.71. The second-order valence-corrected chi connectivity index (χ2v) is 6.39. The zero-order valence-corrected chi connectivity index (χ0v) is 14.8. The highest BCUT2D eigenvalue weighted by atomic mass is 16.5. The first-order valence-electron chi connectivity index (χ1n) is 9.37. The molecule has 0 bridgehead atoms. The molecule has 0 heterocycles. The van der Waals surface area contributed by atoms with Gasteiger partial charge in [-0.1, -0.05) is 76.8 Å². The van der Waals surface area contributed by atoms with Crippen molar-refractivity contribution in [3.63, 3.8) is 0 Å².